The van der Waals surface area contributed by atoms with Crippen LogP contribution in [0.3, 0.4) is 0 Å². The van der Waals surface area contributed by atoms with Crippen molar-refractivity contribution in [3.05, 3.63) is 47.8 Å². The molecular weight excluding hydrogens is 314 g/mol. The van der Waals surface area contributed by atoms with E-state index in [1.165, 1.54) is 4.31 Å². The maximum absolute atomic E-state index is 12.9. The molecule has 0 bridgehead atoms. The van der Waals surface area contributed by atoms with Crippen molar-refractivity contribution in [1.29, 1.82) is 0 Å². The molecule has 0 atom stereocenters. The number of carbonyl (C=O) groups is 1. The molecule has 7 heteroatoms. The van der Waals surface area contributed by atoms with Gasteiger partial charge >= 0.3 is 0 Å². The summed E-state index contributed by atoms with van der Waals surface area (Å²) in [4.78, 5) is 13.6. The third-order valence-corrected chi connectivity index (χ3v) is 6.46. The van der Waals surface area contributed by atoms with E-state index in [0.717, 1.165) is 16.9 Å². The number of hydrogen-bond donors (Lipinski definition) is 0. The van der Waals surface area contributed by atoms with Crippen molar-refractivity contribution < 1.29 is 13.2 Å². The lowest BCUT2D eigenvalue weighted by molar-refractivity contribution is -0.117. The highest BCUT2D eigenvalue weighted by Crippen LogP contribution is 2.31. The number of amides is 1. The molecule has 0 aliphatic carbocycles. The summed E-state index contributed by atoms with van der Waals surface area (Å²) in [7, 11) is -1.84. The molecule has 0 N–H and O–H groups in total. The SMILES string of the molecule is CN1C(=O)Cc2cc(S(=O)(=O)N3CCn4cccc4C3)ccc21. The minimum absolute atomic E-state index is 0.00894. The molecule has 1 aromatic carbocycles. The van der Waals surface area contributed by atoms with E-state index < -0.39 is 10.0 Å². The standard InChI is InChI=1S/C16H17N3O3S/c1-17-15-5-4-14(9-12(15)10-16(17)20)23(21,22)19-8-7-18-6-2-3-13(18)11-19/h2-6,9H,7-8,10-11H2,1H3. The Balaban J connectivity index is 1.68. The molecule has 2 aromatic rings. The van der Waals surface area contributed by atoms with Crippen molar-refractivity contribution in [2.24, 2.45) is 0 Å². The maximum Gasteiger partial charge on any atom is 0.243 e. The summed E-state index contributed by atoms with van der Waals surface area (Å²) in [6.45, 7) is 1.50. The minimum atomic E-state index is -3.55. The topological polar surface area (TPSA) is 62.6 Å². The number of benzene rings is 1. The van der Waals surface area contributed by atoms with Gasteiger partial charge in [-0.25, -0.2) is 8.42 Å². The number of hydrogen-bond acceptors (Lipinski definition) is 3. The van der Waals surface area contributed by atoms with E-state index in [2.05, 4.69) is 4.57 Å². The fourth-order valence-electron chi connectivity index (χ4n) is 3.25. The summed E-state index contributed by atoms with van der Waals surface area (Å²) in [6.07, 6.45) is 2.23. The van der Waals surface area contributed by atoms with Crippen LogP contribution in [0.25, 0.3) is 0 Å². The lowest BCUT2D eigenvalue weighted by atomic mass is 10.2. The van der Waals surface area contributed by atoms with Crippen LogP contribution in [0.1, 0.15) is 11.3 Å². The molecule has 120 valence electrons. The van der Waals surface area contributed by atoms with Crippen molar-refractivity contribution in [1.82, 2.24) is 8.87 Å². The molecule has 0 radical (unpaired) electrons. The monoisotopic (exact) mass is 331 g/mol. The average molecular weight is 331 g/mol. The van der Waals surface area contributed by atoms with E-state index in [1.807, 2.05) is 18.3 Å². The van der Waals surface area contributed by atoms with Gasteiger partial charge in [-0.1, -0.05) is 0 Å². The number of rotatable bonds is 2. The zero-order valence-electron chi connectivity index (χ0n) is 12.8. The largest absolute Gasteiger partial charge is 0.349 e. The van der Waals surface area contributed by atoms with Crippen LogP contribution in [0, 0.1) is 0 Å². The van der Waals surface area contributed by atoms with E-state index in [-0.39, 0.29) is 17.2 Å². The first-order chi connectivity index (χ1) is 11.0. The fourth-order valence-corrected chi connectivity index (χ4v) is 4.70. The molecule has 3 heterocycles. The summed E-state index contributed by atoms with van der Waals surface area (Å²) in [5, 5.41) is 0. The van der Waals surface area contributed by atoms with Gasteiger partial charge in [0.25, 0.3) is 0 Å². The minimum Gasteiger partial charge on any atom is -0.349 e. The van der Waals surface area contributed by atoms with Crippen LogP contribution in [0.2, 0.25) is 0 Å². The normalized spacial score (nSPS) is 18.1. The molecule has 2 aliphatic heterocycles. The van der Waals surface area contributed by atoms with Gasteiger partial charge in [-0.2, -0.15) is 4.31 Å². The predicted octanol–water partition coefficient (Wildman–Crippen LogP) is 1.21. The van der Waals surface area contributed by atoms with Gasteiger partial charge < -0.3 is 9.47 Å². The first-order valence-electron chi connectivity index (χ1n) is 7.50. The highest BCUT2D eigenvalue weighted by molar-refractivity contribution is 7.89. The summed E-state index contributed by atoms with van der Waals surface area (Å²) >= 11 is 0. The number of anilines is 1. The van der Waals surface area contributed by atoms with Gasteiger partial charge in [0.2, 0.25) is 15.9 Å². The molecule has 0 fully saturated rings. The number of likely N-dealkylation sites (N-methyl/N-ethyl adjacent to an activating group) is 1. The molecule has 0 saturated heterocycles. The van der Waals surface area contributed by atoms with E-state index in [4.69, 9.17) is 0 Å². The van der Waals surface area contributed by atoms with Gasteiger partial charge in [-0.15, -0.1) is 0 Å². The summed E-state index contributed by atoms with van der Waals surface area (Å²) in [6, 6.07) is 8.83. The number of fused-ring (bicyclic) bond motifs is 2. The van der Waals surface area contributed by atoms with Crippen molar-refractivity contribution >= 4 is 21.6 Å². The smallest absolute Gasteiger partial charge is 0.243 e. The Morgan fingerprint density at radius 2 is 1.96 bits per heavy atom. The summed E-state index contributed by atoms with van der Waals surface area (Å²) in [5.74, 6) is -0.00894. The van der Waals surface area contributed by atoms with E-state index in [0.29, 0.717) is 19.6 Å². The Morgan fingerprint density at radius 1 is 1.13 bits per heavy atom. The third kappa shape index (κ3) is 2.19. The van der Waals surface area contributed by atoms with Crippen molar-refractivity contribution in [3.8, 4) is 0 Å². The Hall–Kier alpha value is -2.12. The van der Waals surface area contributed by atoms with Crippen LogP contribution < -0.4 is 4.90 Å². The molecule has 23 heavy (non-hydrogen) atoms. The molecule has 0 saturated carbocycles. The Morgan fingerprint density at radius 3 is 2.78 bits per heavy atom. The lowest BCUT2D eigenvalue weighted by Gasteiger charge is -2.28. The average Bonchev–Trinajstić information content (AvgIpc) is 3.11. The van der Waals surface area contributed by atoms with Crippen LogP contribution in [0.15, 0.2) is 41.4 Å². The van der Waals surface area contributed by atoms with Gasteiger partial charge in [0.15, 0.2) is 0 Å². The van der Waals surface area contributed by atoms with Crippen LogP contribution in [-0.4, -0.2) is 36.8 Å². The number of nitrogens with zero attached hydrogens (tertiary/aromatic N) is 3. The van der Waals surface area contributed by atoms with Crippen LogP contribution in [0.4, 0.5) is 5.69 Å². The molecule has 4 rings (SSSR count). The highest BCUT2D eigenvalue weighted by Gasteiger charge is 2.31. The van der Waals surface area contributed by atoms with Gasteiger partial charge in [0, 0.05) is 37.7 Å². The third-order valence-electron chi connectivity index (χ3n) is 4.62. The molecule has 0 spiro atoms. The first kappa shape index (κ1) is 14.5. The molecule has 1 aromatic heterocycles. The van der Waals surface area contributed by atoms with E-state index >= 15 is 0 Å². The fraction of sp³-hybridized carbons (Fsp3) is 0.312. The van der Waals surface area contributed by atoms with Gasteiger partial charge in [0.1, 0.15) is 0 Å². The lowest BCUT2D eigenvalue weighted by Crippen LogP contribution is -2.37. The van der Waals surface area contributed by atoms with Crippen LogP contribution in [0.5, 0.6) is 0 Å². The van der Waals surface area contributed by atoms with Gasteiger partial charge in [-0.3, -0.25) is 4.79 Å². The zero-order chi connectivity index (χ0) is 16.2. The second-order valence-electron chi connectivity index (χ2n) is 5.95. The van der Waals surface area contributed by atoms with Crippen molar-refractivity contribution in [2.75, 3.05) is 18.5 Å². The van der Waals surface area contributed by atoms with Crippen molar-refractivity contribution in [2.45, 2.75) is 24.4 Å². The molecular formula is C16H17N3O3S. The number of carbonyl (C=O) groups excluding carboxylic acids is 1. The van der Waals surface area contributed by atoms with Crippen molar-refractivity contribution in [3.63, 3.8) is 0 Å². The van der Waals surface area contributed by atoms with Gasteiger partial charge in [-0.05, 0) is 35.9 Å². The second kappa shape index (κ2) is 4.94. The highest BCUT2D eigenvalue weighted by atomic mass is 32.2. The maximum atomic E-state index is 12.9. The Kier molecular flexibility index (Phi) is 3.11. The number of sulfonamides is 1. The molecule has 1 amide bonds. The Labute approximate surface area is 135 Å². The molecule has 0 unspecified atom stereocenters. The van der Waals surface area contributed by atoms with Gasteiger partial charge in [0.05, 0.1) is 17.9 Å². The summed E-state index contributed by atoms with van der Waals surface area (Å²) < 4.78 is 29.4. The number of aromatic nitrogens is 1. The van der Waals surface area contributed by atoms with E-state index in [1.54, 1.807) is 30.1 Å². The molecule has 2 aliphatic rings. The Bertz CT molecular complexity index is 901. The summed E-state index contributed by atoms with van der Waals surface area (Å²) in [5.41, 5.74) is 2.57. The second-order valence-corrected chi connectivity index (χ2v) is 7.89. The first-order valence-corrected chi connectivity index (χ1v) is 8.94. The zero-order valence-corrected chi connectivity index (χ0v) is 13.6. The predicted molar refractivity (Wildman–Crippen MR) is 85.6 cm³/mol. The quantitative estimate of drug-likeness (QED) is 0.831. The van der Waals surface area contributed by atoms with Crippen LogP contribution in [-0.2, 0) is 34.3 Å². The molecule has 6 nitrogen and oxygen atoms in total. The van der Waals surface area contributed by atoms with Crippen LogP contribution >= 0.6 is 0 Å². The van der Waals surface area contributed by atoms with E-state index in [9.17, 15) is 13.2 Å².